The molecule has 0 aromatic carbocycles. The van der Waals surface area contributed by atoms with Crippen LogP contribution in [0.2, 0.25) is 0 Å². The third-order valence-corrected chi connectivity index (χ3v) is 2.83. The first-order chi connectivity index (χ1) is 7.22. The number of unbranched alkanes of at least 4 members (excludes halogenated alkanes) is 1. The molecular weight excluding hydrogens is 194 g/mol. The van der Waals surface area contributed by atoms with Crippen LogP contribution in [0.4, 0.5) is 0 Å². The van der Waals surface area contributed by atoms with E-state index in [0.29, 0.717) is 13.2 Å². The molecule has 0 heterocycles. The summed E-state index contributed by atoms with van der Waals surface area (Å²) in [6.45, 7) is 3.63. The number of rotatable bonds is 8. The first kappa shape index (κ1) is 12.5. The van der Waals surface area contributed by atoms with E-state index in [4.69, 9.17) is 9.84 Å². The molecule has 0 aromatic rings. The predicted molar refractivity (Wildman–Crippen MR) is 57.5 cm³/mol. The van der Waals surface area contributed by atoms with Crippen LogP contribution in [-0.2, 0) is 9.53 Å². The summed E-state index contributed by atoms with van der Waals surface area (Å²) in [6, 6.07) is 0. The number of hydrogen-bond donors (Lipinski definition) is 2. The minimum atomic E-state index is -0.0779. The molecule has 1 saturated carbocycles. The Bertz CT molecular complexity index is 202. The Labute approximate surface area is 91.0 Å². The molecule has 15 heavy (non-hydrogen) atoms. The third kappa shape index (κ3) is 4.62. The van der Waals surface area contributed by atoms with Gasteiger partial charge in [-0.3, -0.25) is 4.79 Å². The Hall–Kier alpha value is -0.610. The molecule has 0 aromatic heterocycles. The van der Waals surface area contributed by atoms with Crippen molar-refractivity contribution in [2.24, 2.45) is 5.41 Å². The van der Waals surface area contributed by atoms with Crippen LogP contribution in [0.25, 0.3) is 0 Å². The lowest BCUT2D eigenvalue weighted by Crippen LogP contribution is -2.34. The topological polar surface area (TPSA) is 58.6 Å². The zero-order chi connectivity index (χ0) is 11.1. The van der Waals surface area contributed by atoms with Crippen LogP contribution >= 0.6 is 0 Å². The van der Waals surface area contributed by atoms with Gasteiger partial charge in [0, 0.05) is 18.6 Å². The van der Waals surface area contributed by atoms with Crippen LogP contribution in [0.5, 0.6) is 0 Å². The number of nitrogens with one attached hydrogen (secondary N) is 1. The minimum Gasteiger partial charge on any atom is -0.396 e. The summed E-state index contributed by atoms with van der Waals surface area (Å²) in [7, 11) is 0. The highest BCUT2D eigenvalue weighted by Crippen LogP contribution is 2.44. The fourth-order valence-electron chi connectivity index (χ4n) is 1.32. The molecule has 4 nitrogen and oxygen atoms in total. The van der Waals surface area contributed by atoms with Crippen molar-refractivity contribution in [3.8, 4) is 0 Å². The third-order valence-electron chi connectivity index (χ3n) is 2.83. The molecule has 0 aliphatic heterocycles. The molecule has 0 saturated heterocycles. The molecule has 0 bridgehead atoms. The Morgan fingerprint density at radius 2 is 2.27 bits per heavy atom. The quantitative estimate of drug-likeness (QED) is 0.586. The number of carbonyl (C=O) groups excluding carboxylic acids is 1. The van der Waals surface area contributed by atoms with Crippen LogP contribution < -0.4 is 5.32 Å². The van der Waals surface area contributed by atoms with E-state index < -0.39 is 0 Å². The number of hydrogen-bond acceptors (Lipinski definition) is 3. The van der Waals surface area contributed by atoms with Gasteiger partial charge in [-0.15, -0.1) is 0 Å². The van der Waals surface area contributed by atoms with E-state index in [2.05, 4.69) is 12.2 Å². The fourth-order valence-corrected chi connectivity index (χ4v) is 1.32. The second kappa shape index (κ2) is 6.08. The van der Waals surface area contributed by atoms with E-state index in [9.17, 15) is 4.79 Å². The number of aliphatic hydroxyl groups is 1. The van der Waals surface area contributed by atoms with Gasteiger partial charge in [-0.2, -0.15) is 0 Å². The predicted octanol–water partition coefficient (Wildman–Crippen LogP) is 0.692. The second-order valence-corrected chi connectivity index (χ2v) is 4.34. The Kier molecular flexibility index (Phi) is 5.05. The molecule has 0 unspecified atom stereocenters. The lowest BCUT2D eigenvalue weighted by Gasteiger charge is -2.12. The highest BCUT2D eigenvalue weighted by Gasteiger charge is 2.41. The number of ether oxygens (including phenoxy) is 1. The van der Waals surface area contributed by atoms with Crippen LogP contribution in [0.1, 0.15) is 32.6 Å². The zero-order valence-electron chi connectivity index (χ0n) is 9.42. The van der Waals surface area contributed by atoms with Gasteiger partial charge in [0.2, 0.25) is 5.91 Å². The summed E-state index contributed by atoms with van der Waals surface area (Å²) < 4.78 is 5.18. The Morgan fingerprint density at radius 3 is 2.80 bits per heavy atom. The van der Waals surface area contributed by atoms with Gasteiger partial charge in [0.05, 0.1) is 6.61 Å². The first-order valence-corrected chi connectivity index (χ1v) is 5.68. The lowest BCUT2D eigenvalue weighted by molar-refractivity contribution is -0.126. The first-order valence-electron chi connectivity index (χ1n) is 5.68. The van der Waals surface area contributed by atoms with Gasteiger partial charge in [0.1, 0.15) is 6.61 Å². The standard InChI is InChI=1S/C11H21NO3/c1-2-3-6-15-7-10(14)12-8-11(9-13)4-5-11/h13H,2-9H2,1H3,(H,12,14). The summed E-state index contributed by atoms with van der Waals surface area (Å²) in [4.78, 5) is 11.3. The molecule has 2 N–H and O–H groups in total. The van der Waals surface area contributed by atoms with Crippen molar-refractivity contribution in [1.29, 1.82) is 0 Å². The smallest absolute Gasteiger partial charge is 0.246 e. The van der Waals surface area contributed by atoms with E-state index in [1.165, 1.54) is 0 Å². The normalized spacial score (nSPS) is 17.5. The highest BCUT2D eigenvalue weighted by atomic mass is 16.5. The van der Waals surface area contributed by atoms with Crippen LogP contribution in [0.15, 0.2) is 0 Å². The van der Waals surface area contributed by atoms with E-state index in [1.54, 1.807) is 0 Å². The second-order valence-electron chi connectivity index (χ2n) is 4.34. The molecular formula is C11H21NO3. The minimum absolute atomic E-state index is 0.0148. The van der Waals surface area contributed by atoms with E-state index in [0.717, 1.165) is 25.7 Å². The maximum absolute atomic E-state index is 11.3. The molecule has 1 fully saturated rings. The Morgan fingerprint density at radius 1 is 1.53 bits per heavy atom. The van der Waals surface area contributed by atoms with E-state index in [-0.39, 0.29) is 24.5 Å². The van der Waals surface area contributed by atoms with Gasteiger partial charge in [-0.05, 0) is 19.3 Å². The van der Waals surface area contributed by atoms with Crippen LogP contribution in [-0.4, -0.2) is 37.4 Å². The molecule has 0 atom stereocenters. The maximum atomic E-state index is 11.3. The molecule has 1 amide bonds. The highest BCUT2D eigenvalue weighted by molar-refractivity contribution is 5.77. The average molecular weight is 215 g/mol. The molecule has 88 valence electrons. The number of carbonyl (C=O) groups is 1. The van der Waals surface area contributed by atoms with Gasteiger partial charge in [0.25, 0.3) is 0 Å². The van der Waals surface area contributed by atoms with Gasteiger partial charge >= 0.3 is 0 Å². The number of amides is 1. The molecule has 0 radical (unpaired) electrons. The van der Waals surface area contributed by atoms with Crippen molar-refractivity contribution < 1.29 is 14.6 Å². The van der Waals surface area contributed by atoms with Crippen molar-refractivity contribution >= 4 is 5.91 Å². The SMILES string of the molecule is CCCCOCC(=O)NCC1(CO)CC1. The van der Waals surface area contributed by atoms with Gasteiger partial charge < -0.3 is 15.2 Å². The summed E-state index contributed by atoms with van der Waals surface area (Å²) in [5, 5.41) is 11.8. The molecule has 1 aliphatic carbocycles. The van der Waals surface area contributed by atoms with Crippen molar-refractivity contribution in [3.63, 3.8) is 0 Å². The zero-order valence-corrected chi connectivity index (χ0v) is 9.42. The van der Waals surface area contributed by atoms with Gasteiger partial charge in [0.15, 0.2) is 0 Å². The molecule has 1 rings (SSSR count). The average Bonchev–Trinajstić information content (AvgIpc) is 3.02. The fraction of sp³-hybridized carbons (Fsp3) is 0.909. The summed E-state index contributed by atoms with van der Waals surface area (Å²) in [5.74, 6) is -0.0779. The summed E-state index contributed by atoms with van der Waals surface area (Å²) in [6.07, 6.45) is 4.10. The van der Waals surface area contributed by atoms with E-state index >= 15 is 0 Å². The van der Waals surface area contributed by atoms with Crippen LogP contribution in [0.3, 0.4) is 0 Å². The van der Waals surface area contributed by atoms with Crippen molar-refractivity contribution in [1.82, 2.24) is 5.32 Å². The summed E-state index contributed by atoms with van der Waals surface area (Å²) >= 11 is 0. The molecule has 4 heteroatoms. The Balaban J connectivity index is 1.99. The largest absolute Gasteiger partial charge is 0.396 e. The van der Waals surface area contributed by atoms with Crippen molar-refractivity contribution in [2.75, 3.05) is 26.4 Å². The lowest BCUT2D eigenvalue weighted by atomic mass is 10.1. The monoisotopic (exact) mass is 215 g/mol. The van der Waals surface area contributed by atoms with Crippen molar-refractivity contribution in [2.45, 2.75) is 32.6 Å². The molecule has 1 aliphatic rings. The van der Waals surface area contributed by atoms with Gasteiger partial charge in [-0.1, -0.05) is 13.3 Å². The molecule has 0 spiro atoms. The van der Waals surface area contributed by atoms with Crippen LogP contribution in [0, 0.1) is 5.41 Å². The maximum Gasteiger partial charge on any atom is 0.246 e. The number of aliphatic hydroxyl groups excluding tert-OH is 1. The van der Waals surface area contributed by atoms with Crippen molar-refractivity contribution in [3.05, 3.63) is 0 Å². The summed E-state index contributed by atoms with van der Waals surface area (Å²) in [5.41, 5.74) is -0.0148. The van der Waals surface area contributed by atoms with E-state index in [1.807, 2.05) is 0 Å². The van der Waals surface area contributed by atoms with Gasteiger partial charge in [-0.25, -0.2) is 0 Å².